The molecule has 0 spiro atoms. The van der Waals surface area contributed by atoms with E-state index in [1.54, 1.807) is 0 Å². The summed E-state index contributed by atoms with van der Waals surface area (Å²) in [6.45, 7) is 2.89. The van der Waals surface area contributed by atoms with E-state index in [-0.39, 0.29) is 0 Å². The molecular formula is C17H17BrN2. The first kappa shape index (κ1) is 14.6. The second-order valence-electron chi connectivity index (χ2n) is 4.93. The first-order chi connectivity index (χ1) is 9.63. The quantitative estimate of drug-likeness (QED) is 0.778. The Morgan fingerprint density at radius 3 is 2.70 bits per heavy atom. The highest BCUT2D eigenvalue weighted by Crippen LogP contribution is 2.24. The average Bonchev–Trinajstić information content (AvgIpc) is 2.47. The molecule has 0 heterocycles. The molecule has 2 rings (SSSR count). The Balaban J connectivity index is 2.23. The van der Waals surface area contributed by atoms with E-state index < -0.39 is 0 Å². The fourth-order valence-electron chi connectivity index (χ4n) is 2.29. The first-order valence-corrected chi connectivity index (χ1v) is 7.62. The van der Waals surface area contributed by atoms with Crippen LogP contribution in [0.3, 0.4) is 0 Å². The monoisotopic (exact) mass is 328 g/mol. The molecule has 0 aliphatic heterocycles. The van der Waals surface area contributed by atoms with Gasteiger partial charge in [-0.15, -0.1) is 0 Å². The molecule has 0 aliphatic carbocycles. The van der Waals surface area contributed by atoms with Gasteiger partial charge in [0.25, 0.3) is 0 Å². The minimum Gasteiger partial charge on any atom is -0.370 e. The number of alkyl halides is 1. The van der Waals surface area contributed by atoms with Crippen LogP contribution in [0, 0.1) is 18.3 Å². The van der Waals surface area contributed by atoms with Gasteiger partial charge in [0.05, 0.1) is 11.6 Å². The topological polar surface area (TPSA) is 27.0 Å². The molecule has 2 aromatic rings. The Bertz CT molecular complexity index is 644. The Kier molecular flexibility index (Phi) is 4.81. The van der Waals surface area contributed by atoms with E-state index in [0.29, 0.717) is 5.56 Å². The lowest BCUT2D eigenvalue weighted by Gasteiger charge is -2.22. The molecule has 0 radical (unpaired) electrons. The molecule has 0 saturated carbocycles. The average molecular weight is 329 g/mol. The van der Waals surface area contributed by atoms with Crippen LogP contribution in [0.1, 0.15) is 22.3 Å². The Labute approximate surface area is 128 Å². The molecule has 102 valence electrons. The van der Waals surface area contributed by atoms with E-state index in [9.17, 15) is 0 Å². The van der Waals surface area contributed by atoms with Crippen molar-refractivity contribution in [1.82, 2.24) is 0 Å². The van der Waals surface area contributed by atoms with Crippen LogP contribution in [-0.4, -0.2) is 7.05 Å². The molecule has 0 fully saturated rings. The van der Waals surface area contributed by atoms with Crippen molar-refractivity contribution in [3.8, 4) is 6.07 Å². The fourth-order valence-corrected chi connectivity index (χ4v) is 2.74. The van der Waals surface area contributed by atoms with E-state index in [2.05, 4.69) is 65.1 Å². The van der Waals surface area contributed by atoms with Crippen molar-refractivity contribution in [2.45, 2.75) is 18.8 Å². The third-order valence-corrected chi connectivity index (χ3v) is 3.87. The minimum atomic E-state index is 0.709. The van der Waals surface area contributed by atoms with Crippen LogP contribution >= 0.6 is 15.9 Å². The molecular weight excluding hydrogens is 312 g/mol. The van der Waals surface area contributed by atoms with Gasteiger partial charge in [0, 0.05) is 24.6 Å². The van der Waals surface area contributed by atoms with Gasteiger partial charge in [-0.05, 0) is 36.2 Å². The van der Waals surface area contributed by atoms with Gasteiger partial charge < -0.3 is 4.90 Å². The molecule has 0 unspecified atom stereocenters. The maximum atomic E-state index is 8.96. The number of benzene rings is 2. The number of nitriles is 1. The lowest BCUT2D eigenvalue weighted by molar-refractivity contribution is 0.915. The smallest absolute Gasteiger partial charge is 0.0991 e. The number of hydrogen-bond acceptors (Lipinski definition) is 2. The van der Waals surface area contributed by atoms with Gasteiger partial charge in [0.15, 0.2) is 0 Å². The van der Waals surface area contributed by atoms with Crippen molar-refractivity contribution < 1.29 is 0 Å². The second kappa shape index (κ2) is 6.58. The zero-order chi connectivity index (χ0) is 14.5. The number of hydrogen-bond donors (Lipinski definition) is 0. The standard InChI is InChI=1S/C17H17BrN2/c1-13-6-7-17(16(8-13)10-18)20(2)12-15-5-3-4-14(9-15)11-19/h3-9H,10,12H2,1-2H3. The van der Waals surface area contributed by atoms with Gasteiger partial charge in [-0.1, -0.05) is 45.8 Å². The fraction of sp³-hybridized carbons (Fsp3) is 0.235. The third kappa shape index (κ3) is 3.40. The van der Waals surface area contributed by atoms with Crippen LogP contribution < -0.4 is 4.90 Å². The number of rotatable bonds is 4. The lowest BCUT2D eigenvalue weighted by atomic mass is 10.1. The van der Waals surface area contributed by atoms with Gasteiger partial charge in [0.1, 0.15) is 0 Å². The van der Waals surface area contributed by atoms with Crippen LogP contribution in [0.5, 0.6) is 0 Å². The van der Waals surface area contributed by atoms with Crippen molar-refractivity contribution in [3.63, 3.8) is 0 Å². The summed E-state index contributed by atoms with van der Waals surface area (Å²) in [5.74, 6) is 0. The Morgan fingerprint density at radius 2 is 2.00 bits per heavy atom. The van der Waals surface area contributed by atoms with Crippen LogP contribution in [0.15, 0.2) is 42.5 Å². The van der Waals surface area contributed by atoms with Gasteiger partial charge in [-0.2, -0.15) is 5.26 Å². The zero-order valence-corrected chi connectivity index (χ0v) is 13.3. The number of anilines is 1. The van der Waals surface area contributed by atoms with Crippen molar-refractivity contribution in [2.75, 3.05) is 11.9 Å². The molecule has 0 saturated heterocycles. The summed E-state index contributed by atoms with van der Waals surface area (Å²) < 4.78 is 0. The van der Waals surface area contributed by atoms with Gasteiger partial charge in [0.2, 0.25) is 0 Å². The minimum absolute atomic E-state index is 0.709. The van der Waals surface area contributed by atoms with Gasteiger partial charge in [-0.25, -0.2) is 0 Å². The molecule has 2 aromatic carbocycles. The van der Waals surface area contributed by atoms with Crippen molar-refractivity contribution in [1.29, 1.82) is 5.26 Å². The SMILES string of the molecule is Cc1ccc(N(C)Cc2cccc(C#N)c2)c(CBr)c1. The molecule has 0 bridgehead atoms. The highest BCUT2D eigenvalue weighted by atomic mass is 79.9. The molecule has 0 aromatic heterocycles. The second-order valence-corrected chi connectivity index (χ2v) is 5.49. The summed E-state index contributed by atoms with van der Waals surface area (Å²) in [7, 11) is 2.08. The molecule has 0 amide bonds. The molecule has 0 aliphatic rings. The van der Waals surface area contributed by atoms with E-state index in [1.807, 2.05) is 18.2 Å². The summed E-state index contributed by atoms with van der Waals surface area (Å²) in [4.78, 5) is 2.21. The number of halogens is 1. The predicted octanol–water partition coefficient (Wildman–Crippen LogP) is 4.40. The van der Waals surface area contributed by atoms with E-state index in [1.165, 1.54) is 16.8 Å². The Morgan fingerprint density at radius 1 is 1.20 bits per heavy atom. The Hall–Kier alpha value is -1.79. The van der Waals surface area contributed by atoms with Crippen LogP contribution in [0.25, 0.3) is 0 Å². The van der Waals surface area contributed by atoms with Gasteiger partial charge >= 0.3 is 0 Å². The van der Waals surface area contributed by atoms with Crippen molar-refractivity contribution in [3.05, 3.63) is 64.7 Å². The number of nitrogens with zero attached hydrogens (tertiary/aromatic N) is 2. The van der Waals surface area contributed by atoms with Crippen molar-refractivity contribution in [2.24, 2.45) is 0 Å². The van der Waals surface area contributed by atoms with Gasteiger partial charge in [-0.3, -0.25) is 0 Å². The third-order valence-electron chi connectivity index (χ3n) is 3.27. The molecule has 0 atom stereocenters. The maximum Gasteiger partial charge on any atom is 0.0991 e. The maximum absolute atomic E-state index is 8.96. The normalized spacial score (nSPS) is 10.1. The molecule has 20 heavy (non-hydrogen) atoms. The zero-order valence-electron chi connectivity index (χ0n) is 11.7. The molecule has 0 N–H and O–H groups in total. The lowest BCUT2D eigenvalue weighted by Crippen LogP contribution is -2.17. The molecule has 3 heteroatoms. The van der Waals surface area contributed by atoms with Crippen LogP contribution in [0.2, 0.25) is 0 Å². The summed E-state index contributed by atoms with van der Waals surface area (Å²) in [5.41, 5.74) is 5.62. The first-order valence-electron chi connectivity index (χ1n) is 6.49. The summed E-state index contributed by atoms with van der Waals surface area (Å²) in [6.07, 6.45) is 0. The van der Waals surface area contributed by atoms with Crippen LogP contribution in [0.4, 0.5) is 5.69 Å². The predicted molar refractivity (Wildman–Crippen MR) is 87.1 cm³/mol. The summed E-state index contributed by atoms with van der Waals surface area (Å²) in [6, 6.07) is 16.4. The van der Waals surface area contributed by atoms with E-state index >= 15 is 0 Å². The highest BCUT2D eigenvalue weighted by molar-refractivity contribution is 9.08. The largest absolute Gasteiger partial charge is 0.370 e. The highest BCUT2D eigenvalue weighted by Gasteiger charge is 2.08. The number of aryl methyl sites for hydroxylation is 1. The summed E-state index contributed by atoms with van der Waals surface area (Å²) in [5, 5.41) is 9.80. The van der Waals surface area contributed by atoms with E-state index in [0.717, 1.165) is 17.4 Å². The molecule has 2 nitrogen and oxygen atoms in total. The summed E-state index contributed by atoms with van der Waals surface area (Å²) >= 11 is 3.55. The van der Waals surface area contributed by atoms with Crippen LogP contribution in [-0.2, 0) is 11.9 Å². The van der Waals surface area contributed by atoms with Crippen molar-refractivity contribution >= 4 is 21.6 Å². The van der Waals surface area contributed by atoms with E-state index in [4.69, 9.17) is 5.26 Å².